The van der Waals surface area contributed by atoms with Gasteiger partial charge in [0, 0.05) is 11.8 Å². The maximum atomic E-state index is 12.3. The standard InChI is InChI=1S/C18H24O5/c1-16-7-5-12-10(11(16)2-3-14(16)20)4-8-18(23)15(21)13(19)6-9-17(12,18)22/h6,9-12,15,21-23H,2-5,7-8H2,1H3/t10?,11?,12?,15-,16-,17-,18-/m0/s1. The average molecular weight is 320 g/mol. The Morgan fingerprint density at radius 2 is 1.83 bits per heavy atom. The largest absolute Gasteiger partial charge is 0.383 e. The monoisotopic (exact) mass is 320 g/mol. The van der Waals surface area contributed by atoms with E-state index in [2.05, 4.69) is 0 Å². The second-order valence-electron chi connectivity index (χ2n) is 8.22. The van der Waals surface area contributed by atoms with E-state index in [1.54, 1.807) is 0 Å². The van der Waals surface area contributed by atoms with Gasteiger partial charge in [-0.15, -0.1) is 0 Å². The van der Waals surface area contributed by atoms with Crippen LogP contribution in [0.2, 0.25) is 0 Å². The summed E-state index contributed by atoms with van der Waals surface area (Å²) >= 11 is 0. The molecule has 23 heavy (non-hydrogen) atoms. The van der Waals surface area contributed by atoms with E-state index in [0.717, 1.165) is 6.42 Å². The molecule has 0 saturated heterocycles. The molecule has 5 heteroatoms. The number of aliphatic hydroxyl groups is 3. The molecule has 4 aliphatic carbocycles. The first-order valence-electron chi connectivity index (χ1n) is 8.63. The van der Waals surface area contributed by atoms with E-state index in [4.69, 9.17) is 0 Å². The minimum absolute atomic E-state index is 0.149. The molecule has 3 fully saturated rings. The van der Waals surface area contributed by atoms with Gasteiger partial charge in [0.2, 0.25) is 0 Å². The second-order valence-corrected chi connectivity index (χ2v) is 8.22. The zero-order chi connectivity index (χ0) is 16.6. The quantitative estimate of drug-likeness (QED) is 0.612. The first-order valence-corrected chi connectivity index (χ1v) is 8.63. The lowest BCUT2D eigenvalue weighted by molar-refractivity contribution is -0.245. The number of aliphatic hydroxyl groups excluding tert-OH is 1. The van der Waals surface area contributed by atoms with Crippen LogP contribution in [0.3, 0.4) is 0 Å². The molecule has 4 aliphatic rings. The molecule has 0 aromatic heterocycles. The third-order valence-electron chi connectivity index (χ3n) is 7.49. The van der Waals surface area contributed by atoms with Crippen LogP contribution in [-0.4, -0.2) is 44.2 Å². The summed E-state index contributed by atoms with van der Waals surface area (Å²) < 4.78 is 0. The molecule has 0 aliphatic heterocycles. The van der Waals surface area contributed by atoms with Gasteiger partial charge < -0.3 is 15.3 Å². The maximum absolute atomic E-state index is 12.3. The summed E-state index contributed by atoms with van der Waals surface area (Å²) in [5.41, 5.74) is -3.70. The number of carbonyl (C=O) groups excluding carboxylic acids is 2. The van der Waals surface area contributed by atoms with E-state index in [0.29, 0.717) is 31.5 Å². The average Bonchev–Trinajstić information content (AvgIpc) is 2.82. The van der Waals surface area contributed by atoms with Gasteiger partial charge in [-0.05, 0) is 62.0 Å². The lowest BCUT2D eigenvalue weighted by Gasteiger charge is -2.60. The fourth-order valence-corrected chi connectivity index (χ4v) is 6.07. The highest BCUT2D eigenvalue weighted by Gasteiger charge is 2.67. The van der Waals surface area contributed by atoms with E-state index >= 15 is 0 Å². The number of Topliss-reactive ketones (excluding diaryl/α,β-unsaturated/α-hetero) is 1. The van der Waals surface area contributed by atoms with Crippen LogP contribution in [0.25, 0.3) is 0 Å². The van der Waals surface area contributed by atoms with Crippen molar-refractivity contribution in [3.63, 3.8) is 0 Å². The first-order chi connectivity index (χ1) is 10.7. The summed E-state index contributed by atoms with van der Waals surface area (Å²) in [6.07, 6.45) is 4.63. The molecule has 3 saturated carbocycles. The molecule has 0 aromatic carbocycles. The van der Waals surface area contributed by atoms with E-state index in [1.165, 1.54) is 12.2 Å². The Labute approximate surface area is 135 Å². The topological polar surface area (TPSA) is 94.8 Å². The molecule has 0 bridgehead atoms. The number of carbonyl (C=O) groups is 2. The van der Waals surface area contributed by atoms with Crippen LogP contribution in [0, 0.1) is 23.2 Å². The van der Waals surface area contributed by atoms with Crippen molar-refractivity contribution in [3.05, 3.63) is 12.2 Å². The summed E-state index contributed by atoms with van der Waals surface area (Å²) in [4.78, 5) is 24.1. The first kappa shape index (κ1) is 15.5. The number of rotatable bonds is 0. The smallest absolute Gasteiger partial charge is 0.186 e. The summed E-state index contributed by atoms with van der Waals surface area (Å²) in [5, 5.41) is 32.4. The van der Waals surface area contributed by atoms with Crippen molar-refractivity contribution in [2.75, 3.05) is 0 Å². The van der Waals surface area contributed by atoms with Gasteiger partial charge in [-0.2, -0.15) is 0 Å². The number of ketones is 2. The summed E-state index contributed by atoms with van der Waals surface area (Å²) in [7, 11) is 0. The molecule has 126 valence electrons. The van der Waals surface area contributed by atoms with Crippen LogP contribution in [0.15, 0.2) is 12.2 Å². The van der Waals surface area contributed by atoms with Crippen LogP contribution in [-0.2, 0) is 9.59 Å². The number of hydrogen-bond donors (Lipinski definition) is 3. The number of fused-ring (bicyclic) bond motifs is 5. The van der Waals surface area contributed by atoms with Gasteiger partial charge in [0.05, 0.1) is 0 Å². The van der Waals surface area contributed by atoms with Crippen molar-refractivity contribution in [3.8, 4) is 0 Å². The molecule has 3 N–H and O–H groups in total. The Morgan fingerprint density at radius 1 is 1.09 bits per heavy atom. The predicted molar refractivity (Wildman–Crippen MR) is 81.3 cm³/mol. The molecule has 3 unspecified atom stereocenters. The van der Waals surface area contributed by atoms with Crippen LogP contribution in [0.1, 0.15) is 45.4 Å². The molecule has 5 nitrogen and oxygen atoms in total. The van der Waals surface area contributed by atoms with Gasteiger partial charge in [-0.3, -0.25) is 9.59 Å². The summed E-state index contributed by atoms with van der Waals surface area (Å²) in [6, 6.07) is 0. The molecule has 0 spiro atoms. The van der Waals surface area contributed by atoms with Gasteiger partial charge in [0.25, 0.3) is 0 Å². The summed E-state index contributed by atoms with van der Waals surface area (Å²) in [6.45, 7) is 2.04. The van der Waals surface area contributed by atoms with Gasteiger partial charge in [-0.1, -0.05) is 6.92 Å². The fourth-order valence-electron chi connectivity index (χ4n) is 6.07. The third-order valence-corrected chi connectivity index (χ3v) is 7.49. The van der Waals surface area contributed by atoms with Gasteiger partial charge in [0.15, 0.2) is 5.78 Å². The van der Waals surface area contributed by atoms with Crippen molar-refractivity contribution >= 4 is 11.6 Å². The van der Waals surface area contributed by atoms with Crippen molar-refractivity contribution in [1.82, 2.24) is 0 Å². The van der Waals surface area contributed by atoms with Crippen molar-refractivity contribution in [2.24, 2.45) is 23.2 Å². The SMILES string of the molecule is C[C@]12CCC3C(CC[C@]4(O)[C@@H](O)C(=O)C=C[C@]34O)C1CCC2=O. The zero-order valence-electron chi connectivity index (χ0n) is 13.4. The van der Waals surface area contributed by atoms with Crippen LogP contribution in [0.5, 0.6) is 0 Å². The molecule has 0 heterocycles. The Bertz CT molecular complexity index is 613. The zero-order valence-corrected chi connectivity index (χ0v) is 13.4. The number of hydrogen-bond acceptors (Lipinski definition) is 5. The predicted octanol–water partition coefficient (Wildman–Crippen LogP) is 0.754. The summed E-state index contributed by atoms with van der Waals surface area (Å²) in [5.74, 6) is -0.0688. The maximum Gasteiger partial charge on any atom is 0.186 e. The van der Waals surface area contributed by atoms with Crippen LogP contribution < -0.4 is 0 Å². The molecular formula is C18H24O5. The van der Waals surface area contributed by atoms with Crippen LogP contribution >= 0.6 is 0 Å². The van der Waals surface area contributed by atoms with Crippen molar-refractivity contribution in [1.29, 1.82) is 0 Å². The molecule has 0 amide bonds. The highest BCUT2D eigenvalue weighted by molar-refractivity contribution is 5.96. The van der Waals surface area contributed by atoms with Crippen molar-refractivity contribution in [2.45, 2.75) is 62.8 Å². The van der Waals surface area contributed by atoms with E-state index in [9.17, 15) is 24.9 Å². The lowest BCUT2D eigenvalue weighted by atomic mass is 9.48. The van der Waals surface area contributed by atoms with E-state index in [1.807, 2.05) is 6.92 Å². The minimum atomic E-state index is -1.81. The van der Waals surface area contributed by atoms with Crippen molar-refractivity contribution < 1.29 is 24.9 Å². The Morgan fingerprint density at radius 3 is 2.57 bits per heavy atom. The molecule has 7 atom stereocenters. The highest BCUT2D eigenvalue weighted by atomic mass is 16.4. The molecular weight excluding hydrogens is 296 g/mol. The molecule has 0 radical (unpaired) electrons. The third kappa shape index (κ3) is 1.68. The van der Waals surface area contributed by atoms with Gasteiger partial charge >= 0.3 is 0 Å². The normalized spacial score (nSPS) is 55.3. The minimum Gasteiger partial charge on any atom is -0.383 e. The molecule has 0 aromatic rings. The lowest BCUT2D eigenvalue weighted by Crippen LogP contribution is -2.71. The van der Waals surface area contributed by atoms with Crippen LogP contribution in [0.4, 0.5) is 0 Å². The van der Waals surface area contributed by atoms with E-state index in [-0.39, 0.29) is 29.6 Å². The second kappa shape index (κ2) is 4.52. The Hall–Kier alpha value is -1.04. The fraction of sp³-hybridized carbons (Fsp3) is 0.778. The Kier molecular flexibility index (Phi) is 3.05. The van der Waals surface area contributed by atoms with Gasteiger partial charge in [0.1, 0.15) is 23.1 Å². The van der Waals surface area contributed by atoms with Gasteiger partial charge in [-0.25, -0.2) is 0 Å². The van der Waals surface area contributed by atoms with E-state index < -0.39 is 23.1 Å². The molecule has 4 rings (SSSR count). The highest BCUT2D eigenvalue weighted by Crippen LogP contribution is 2.62. The Balaban J connectivity index is 1.76.